The van der Waals surface area contributed by atoms with Crippen molar-refractivity contribution in [3.8, 4) is 0 Å². The quantitative estimate of drug-likeness (QED) is 0.0401. The van der Waals surface area contributed by atoms with Gasteiger partial charge >= 0.3 is 11.9 Å². The molecule has 0 aromatic rings. The Morgan fingerprint density at radius 2 is 0.820 bits per heavy atom. The van der Waals surface area contributed by atoms with E-state index in [9.17, 15) is 14.7 Å². The maximum Gasteiger partial charge on any atom is 0.306 e. The highest BCUT2D eigenvalue weighted by atomic mass is 16.6. The molecule has 0 amide bonds. The van der Waals surface area contributed by atoms with Crippen molar-refractivity contribution in [2.24, 2.45) is 0 Å². The Bertz CT molecular complexity index is 926. The molecule has 1 N–H and O–H groups in total. The Kier molecular flexibility index (Phi) is 38.6. The fraction of sp³-hybridized carbons (Fsp3) is 0.689. The number of carbonyl (C=O) groups excluding carboxylic acids is 2. The lowest BCUT2D eigenvalue weighted by molar-refractivity contribution is -0.161. The minimum Gasteiger partial charge on any atom is -0.462 e. The zero-order chi connectivity index (χ0) is 36.4. The van der Waals surface area contributed by atoms with Crippen molar-refractivity contribution in [2.45, 2.75) is 187 Å². The largest absolute Gasteiger partial charge is 0.462 e. The number of rotatable bonds is 36. The van der Waals surface area contributed by atoms with E-state index in [1.807, 2.05) is 0 Å². The Labute approximate surface area is 308 Å². The van der Waals surface area contributed by atoms with Gasteiger partial charge in [-0.05, 0) is 83.5 Å². The highest BCUT2D eigenvalue weighted by molar-refractivity contribution is 5.70. The van der Waals surface area contributed by atoms with Gasteiger partial charge in [0.2, 0.25) is 0 Å². The first kappa shape index (κ1) is 47.3. The molecule has 0 aliphatic rings. The number of aliphatic hydroxyl groups is 1. The molecule has 0 fully saturated rings. The number of carbonyl (C=O) groups is 2. The van der Waals surface area contributed by atoms with Crippen LogP contribution in [0.3, 0.4) is 0 Å². The molecule has 0 unspecified atom stereocenters. The van der Waals surface area contributed by atoms with Crippen LogP contribution in [-0.2, 0) is 19.1 Å². The molecule has 0 radical (unpaired) electrons. The fourth-order valence-corrected chi connectivity index (χ4v) is 5.34. The summed E-state index contributed by atoms with van der Waals surface area (Å²) >= 11 is 0. The SMILES string of the molecule is CCCCC/C=C\C/C=C\C/C=C\C/C=C\CCCC(=O)OC[C@H](CO)OC(=O)CCCCCCCCCCC/C=C\C/C=C\CCCCC. The van der Waals surface area contributed by atoms with Crippen LogP contribution in [0, 0.1) is 0 Å². The molecule has 5 nitrogen and oxygen atoms in total. The first-order valence-electron chi connectivity index (χ1n) is 20.5. The van der Waals surface area contributed by atoms with E-state index >= 15 is 0 Å². The van der Waals surface area contributed by atoms with Crippen LogP contribution in [0.4, 0.5) is 0 Å². The summed E-state index contributed by atoms with van der Waals surface area (Å²) in [6.07, 6.45) is 53.9. The van der Waals surface area contributed by atoms with Crippen molar-refractivity contribution >= 4 is 11.9 Å². The minimum absolute atomic E-state index is 0.0990. The van der Waals surface area contributed by atoms with Gasteiger partial charge in [0, 0.05) is 12.8 Å². The molecule has 0 rings (SSSR count). The number of unbranched alkanes of at least 4 members (excludes halogenated alkanes) is 16. The molecule has 0 saturated heterocycles. The van der Waals surface area contributed by atoms with Crippen LogP contribution >= 0.6 is 0 Å². The van der Waals surface area contributed by atoms with E-state index in [2.05, 4.69) is 86.8 Å². The molecule has 1 atom stereocenters. The summed E-state index contributed by atoms with van der Waals surface area (Å²) in [5, 5.41) is 9.56. The van der Waals surface area contributed by atoms with Crippen LogP contribution in [0.1, 0.15) is 181 Å². The van der Waals surface area contributed by atoms with E-state index in [1.165, 1.54) is 96.3 Å². The number of aliphatic hydroxyl groups excluding tert-OH is 1. The molecule has 0 heterocycles. The van der Waals surface area contributed by atoms with Crippen molar-refractivity contribution in [2.75, 3.05) is 13.2 Å². The van der Waals surface area contributed by atoms with E-state index < -0.39 is 6.10 Å². The minimum atomic E-state index is -0.798. The summed E-state index contributed by atoms with van der Waals surface area (Å²) in [7, 11) is 0. The third-order valence-corrected chi connectivity index (χ3v) is 8.47. The molecule has 0 saturated carbocycles. The molecule has 0 bridgehead atoms. The van der Waals surface area contributed by atoms with Gasteiger partial charge in [0.05, 0.1) is 6.61 Å². The highest BCUT2D eigenvalue weighted by Gasteiger charge is 2.16. The summed E-state index contributed by atoms with van der Waals surface area (Å²) in [4.78, 5) is 24.3. The normalized spacial score (nSPS) is 12.9. The second kappa shape index (κ2) is 40.8. The number of hydrogen-bond donors (Lipinski definition) is 1. The molecule has 5 heteroatoms. The summed E-state index contributed by atoms with van der Waals surface area (Å²) in [6.45, 7) is 4.02. The Morgan fingerprint density at radius 3 is 1.26 bits per heavy atom. The molecule has 50 heavy (non-hydrogen) atoms. The Morgan fingerprint density at radius 1 is 0.460 bits per heavy atom. The van der Waals surface area contributed by atoms with Crippen LogP contribution in [0.15, 0.2) is 72.9 Å². The predicted molar refractivity (Wildman–Crippen MR) is 214 cm³/mol. The topological polar surface area (TPSA) is 72.8 Å². The smallest absolute Gasteiger partial charge is 0.306 e. The van der Waals surface area contributed by atoms with Crippen LogP contribution in [0.25, 0.3) is 0 Å². The first-order chi connectivity index (χ1) is 24.6. The monoisotopic (exact) mass is 697 g/mol. The number of hydrogen-bond acceptors (Lipinski definition) is 5. The number of allylic oxidation sites excluding steroid dienone is 12. The van der Waals surface area contributed by atoms with Crippen molar-refractivity contribution in [1.82, 2.24) is 0 Å². The molecule has 0 aliphatic heterocycles. The second-order valence-corrected chi connectivity index (χ2v) is 13.4. The van der Waals surface area contributed by atoms with Gasteiger partial charge in [-0.25, -0.2) is 0 Å². The number of ether oxygens (including phenoxy) is 2. The standard InChI is InChI=1S/C45H76O5/c1-3-5-7-9-11-13-15-17-19-21-22-24-26-28-30-32-34-36-38-40-45(48)50-43(41-46)42-49-44(47)39-37-35-33-31-29-27-25-23-20-18-16-14-12-10-8-6-4-2/h11-14,17-20,25,27,31,33,43,46H,3-10,15-16,21-24,26,28-30,32,34-42H2,1-2H3/b13-11-,14-12-,19-17-,20-18-,27-25-,33-31-/t43-/m0/s1. The van der Waals surface area contributed by atoms with Crippen molar-refractivity contribution < 1.29 is 24.2 Å². The average molecular weight is 697 g/mol. The van der Waals surface area contributed by atoms with Crippen molar-refractivity contribution in [3.05, 3.63) is 72.9 Å². The zero-order valence-corrected chi connectivity index (χ0v) is 32.4. The molecule has 286 valence electrons. The summed E-state index contributed by atoms with van der Waals surface area (Å²) in [5.74, 6) is -0.665. The molecule has 0 aromatic carbocycles. The van der Waals surface area contributed by atoms with Gasteiger partial charge in [0.1, 0.15) is 6.61 Å². The van der Waals surface area contributed by atoms with Gasteiger partial charge in [-0.3, -0.25) is 9.59 Å². The van der Waals surface area contributed by atoms with Crippen LogP contribution in [0.2, 0.25) is 0 Å². The van der Waals surface area contributed by atoms with Crippen LogP contribution in [0.5, 0.6) is 0 Å². The summed E-state index contributed by atoms with van der Waals surface area (Å²) in [6, 6.07) is 0. The van der Waals surface area contributed by atoms with Gasteiger partial charge in [0.15, 0.2) is 6.10 Å². The maximum atomic E-state index is 12.2. The molecule has 0 spiro atoms. The van der Waals surface area contributed by atoms with E-state index in [4.69, 9.17) is 9.47 Å². The van der Waals surface area contributed by atoms with Crippen molar-refractivity contribution in [3.63, 3.8) is 0 Å². The number of esters is 2. The Balaban J connectivity index is 3.66. The lowest BCUT2D eigenvalue weighted by Crippen LogP contribution is -2.28. The second-order valence-electron chi connectivity index (χ2n) is 13.4. The summed E-state index contributed by atoms with van der Waals surface area (Å²) in [5.41, 5.74) is 0. The lowest BCUT2D eigenvalue weighted by Gasteiger charge is -2.15. The molecule has 0 aromatic heterocycles. The average Bonchev–Trinajstić information content (AvgIpc) is 3.12. The third kappa shape index (κ3) is 38.1. The van der Waals surface area contributed by atoms with E-state index in [-0.39, 0.29) is 25.2 Å². The fourth-order valence-electron chi connectivity index (χ4n) is 5.34. The maximum absolute atomic E-state index is 12.2. The van der Waals surface area contributed by atoms with Gasteiger partial charge in [-0.1, -0.05) is 157 Å². The Hall–Kier alpha value is -2.66. The first-order valence-corrected chi connectivity index (χ1v) is 20.5. The summed E-state index contributed by atoms with van der Waals surface area (Å²) < 4.78 is 10.6. The van der Waals surface area contributed by atoms with E-state index in [0.717, 1.165) is 51.4 Å². The molecular formula is C45H76O5. The third-order valence-electron chi connectivity index (χ3n) is 8.47. The zero-order valence-electron chi connectivity index (χ0n) is 32.4. The van der Waals surface area contributed by atoms with Crippen LogP contribution < -0.4 is 0 Å². The van der Waals surface area contributed by atoms with Gasteiger partial charge in [-0.2, -0.15) is 0 Å². The highest BCUT2D eigenvalue weighted by Crippen LogP contribution is 2.13. The predicted octanol–water partition coefficient (Wildman–Crippen LogP) is 13.0. The van der Waals surface area contributed by atoms with Gasteiger partial charge < -0.3 is 14.6 Å². The van der Waals surface area contributed by atoms with Crippen molar-refractivity contribution in [1.29, 1.82) is 0 Å². The van der Waals surface area contributed by atoms with Gasteiger partial charge in [-0.15, -0.1) is 0 Å². The lowest BCUT2D eigenvalue weighted by atomic mass is 10.1. The van der Waals surface area contributed by atoms with Gasteiger partial charge in [0.25, 0.3) is 0 Å². The van der Waals surface area contributed by atoms with E-state index in [1.54, 1.807) is 0 Å². The molecule has 0 aliphatic carbocycles. The van der Waals surface area contributed by atoms with E-state index in [0.29, 0.717) is 19.3 Å². The molecular weight excluding hydrogens is 620 g/mol. The van der Waals surface area contributed by atoms with Crippen LogP contribution in [-0.4, -0.2) is 36.4 Å².